The zero-order valence-electron chi connectivity index (χ0n) is 17.2. The first kappa shape index (κ1) is 19.3. The summed E-state index contributed by atoms with van der Waals surface area (Å²) >= 11 is 0. The summed E-state index contributed by atoms with van der Waals surface area (Å²) in [6, 6.07) is 13.8. The summed E-state index contributed by atoms with van der Waals surface area (Å²) in [5, 5.41) is 0. The highest BCUT2D eigenvalue weighted by molar-refractivity contribution is 5.45. The quantitative estimate of drug-likeness (QED) is 0.486. The van der Waals surface area contributed by atoms with Crippen LogP contribution in [-0.4, -0.2) is 0 Å². The van der Waals surface area contributed by atoms with Crippen molar-refractivity contribution in [3.8, 4) is 11.8 Å². The topological polar surface area (TPSA) is 0 Å². The number of aryl methyl sites for hydroxylation is 1. The fourth-order valence-corrected chi connectivity index (χ4v) is 5.32. The van der Waals surface area contributed by atoms with Crippen LogP contribution < -0.4 is 0 Å². The Morgan fingerprint density at radius 3 is 2.39 bits per heavy atom. The van der Waals surface area contributed by atoms with Crippen LogP contribution in [0.1, 0.15) is 80.0 Å². The lowest BCUT2D eigenvalue weighted by atomic mass is 9.63. The average Bonchev–Trinajstić information content (AvgIpc) is 2.73. The summed E-state index contributed by atoms with van der Waals surface area (Å²) < 4.78 is 14.7. The van der Waals surface area contributed by atoms with E-state index in [0.717, 1.165) is 23.3 Å². The van der Waals surface area contributed by atoms with E-state index in [4.69, 9.17) is 0 Å². The molecule has 146 valence electrons. The van der Waals surface area contributed by atoms with Crippen molar-refractivity contribution in [3.05, 3.63) is 70.5 Å². The molecular weight excluding hydrogens is 343 g/mol. The van der Waals surface area contributed by atoms with Gasteiger partial charge in [0.2, 0.25) is 0 Å². The molecule has 0 bridgehead atoms. The summed E-state index contributed by atoms with van der Waals surface area (Å²) in [6.45, 7) is 4.39. The Bertz CT molecular complexity index is 867. The van der Waals surface area contributed by atoms with Gasteiger partial charge in [0.15, 0.2) is 0 Å². The van der Waals surface area contributed by atoms with Gasteiger partial charge in [-0.3, -0.25) is 0 Å². The molecule has 0 aromatic heterocycles. The number of hydrogen-bond donors (Lipinski definition) is 0. The lowest BCUT2D eigenvalue weighted by Crippen LogP contribution is -2.30. The van der Waals surface area contributed by atoms with Crippen LogP contribution in [0.2, 0.25) is 0 Å². The molecule has 0 nitrogen and oxygen atoms in total. The predicted molar refractivity (Wildman–Crippen MR) is 115 cm³/mol. The molecule has 28 heavy (non-hydrogen) atoms. The van der Waals surface area contributed by atoms with Gasteiger partial charge in [-0.05, 0) is 92.5 Å². The van der Waals surface area contributed by atoms with Crippen molar-refractivity contribution in [2.45, 2.75) is 64.7 Å². The summed E-state index contributed by atoms with van der Waals surface area (Å²) in [6.07, 6.45) is 9.32. The minimum absolute atomic E-state index is 0.172. The van der Waals surface area contributed by atoms with Crippen molar-refractivity contribution in [1.82, 2.24) is 0 Å². The third-order valence-electron chi connectivity index (χ3n) is 7.16. The van der Waals surface area contributed by atoms with Gasteiger partial charge in [-0.2, -0.15) is 0 Å². The fourth-order valence-electron chi connectivity index (χ4n) is 5.32. The second-order valence-corrected chi connectivity index (χ2v) is 8.97. The first-order valence-electron chi connectivity index (χ1n) is 11.0. The van der Waals surface area contributed by atoms with E-state index < -0.39 is 0 Å². The third-order valence-corrected chi connectivity index (χ3v) is 7.16. The molecule has 0 N–H and O–H groups in total. The molecule has 0 heterocycles. The van der Waals surface area contributed by atoms with Gasteiger partial charge < -0.3 is 0 Å². The molecule has 2 aromatic carbocycles. The molecule has 4 unspecified atom stereocenters. The standard InChI is InChI=1S/C27H31F/c1-3-20-8-11-24-17-25(15-14-23(24)16-20)26-13-12-22(27(28)18-26)10-9-21-6-4-19(2)5-7-21/h4-7,12-13,18,20,23-25H,3,8,11,14-17H2,1-2H3. The van der Waals surface area contributed by atoms with Crippen molar-refractivity contribution in [3.63, 3.8) is 0 Å². The maximum Gasteiger partial charge on any atom is 0.139 e. The van der Waals surface area contributed by atoms with Gasteiger partial charge in [-0.25, -0.2) is 4.39 Å². The zero-order valence-corrected chi connectivity index (χ0v) is 17.2. The van der Waals surface area contributed by atoms with E-state index in [1.54, 1.807) is 6.07 Å². The number of fused-ring (bicyclic) bond motifs is 1. The van der Waals surface area contributed by atoms with Gasteiger partial charge in [0.05, 0.1) is 5.56 Å². The molecule has 2 aromatic rings. The smallest absolute Gasteiger partial charge is 0.139 e. The molecule has 0 saturated heterocycles. The Morgan fingerprint density at radius 2 is 1.64 bits per heavy atom. The molecule has 1 heteroatoms. The van der Waals surface area contributed by atoms with Gasteiger partial charge in [0.25, 0.3) is 0 Å². The second kappa shape index (κ2) is 8.52. The second-order valence-electron chi connectivity index (χ2n) is 8.97. The van der Waals surface area contributed by atoms with Crippen LogP contribution in [-0.2, 0) is 0 Å². The first-order chi connectivity index (χ1) is 13.6. The van der Waals surface area contributed by atoms with E-state index in [2.05, 4.69) is 31.8 Å². The van der Waals surface area contributed by atoms with Crippen molar-refractivity contribution in [1.29, 1.82) is 0 Å². The Morgan fingerprint density at radius 1 is 0.893 bits per heavy atom. The average molecular weight is 375 g/mol. The van der Waals surface area contributed by atoms with Gasteiger partial charge in [-0.15, -0.1) is 0 Å². The Hall–Kier alpha value is -2.07. The highest BCUT2D eigenvalue weighted by atomic mass is 19.1. The largest absolute Gasteiger partial charge is 0.206 e. The number of halogens is 1. The highest BCUT2D eigenvalue weighted by Gasteiger charge is 2.35. The molecule has 2 aliphatic rings. The predicted octanol–water partition coefficient (Wildman–Crippen LogP) is 7.24. The van der Waals surface area contributed by atoms with Crippen LogP contribution >= 0.6 is 0 Å². The molecule has 4 atom stereocenters. The maximum absolute atomic E-state index is 14.7. The Kier molecular flexibility index (Phi) is 5.86. The summed E-state index contributed by atoms with van der Waals surface area (Å²) in [5.74, 6) is 9.16. The van der Waals surface area contributed by atoms with Crippen LogP contribution in [0.15, 0.2) is 42.5 Å². The Balaban J connectivity index is 1.44. The van der Waals surface area contributed by atoms with Crippen LogP contribution in [0.3, 0.4) is 0 Å². The van der Waals surface area contributed by atoms with Crippen molar-refractivity contribution in [2.24, 2.45) is 17.8 Å². The number of rotatable bonds is 2. The first-order valence-corrected chi connectivity index (χ1v) is 11.0. The molecule has 0 radical (unpaired) electrons. The summed E-state index contributed by atoms with van der Waals surface area (Å²) in [5.41, 5.74) is 3.81. The van der Waals surface area contributed by atoms with E-state index >= 15 is 0 Å². The third kappa shape index (κ3) is 4.33. The van der Waals surface area contributed by atoms with Crippen LogP contribution in [0.5, 0.6) is 0 Å². The van der Waals surface area contributed by atoms with Gasteiger partial charge in [0.1, 0.15) is 5.82 Å². The van der Waals surface area contributed by atoms with Crippen molar-refractivity contribution < 1.29 is 4.39 Å². The van der Waals surface area contributed by atoms with E-state index in [1.165, 1.54) is 56.1 Å². The lowest BCUT2D eigenvalue weighted by molar-refractivity contribution is 0.116. The van der Waals surface area contributed by atoms with Gasteiger partial charge in [0, 0.05) is 5.56 Å². The highest BCUT2D eigenvalue weighted by Crippen LogP contribution is 2.48. The monoisotopic (exact) mass is 374 g/mol. The van der Waals surface area contributed by atoms with Crippen molar-refractivity contribution >= 4 is 0 Å². The van der Waals surface area contributed by atoms with Crippen molar-refractivity contribution in [2.75, 3.05) is 0 Å². The van der Waals surface area contributed by atoms with E-state index in [1.807, 2.05) is 30.3 Å². The summed E-state index contributed by atoms with van der Waals surface area (Å²) in [7, 11) is 0. The molecule has 2 saturated carbocycles. The Labute approximate surface area is 169 Å². The van der Waals surface area contributed by atoms with Crippen LogP contribution in [0.4, 0.5) is 4.39 Å². The molecule has 2 aliphatic carbocycles. The van der Waals surface area contributed by atoms with Crippen LogP contribution in [0.25, 0.3) is 0 Å². The molecule has 4 rings (SSSR count). The maximum atomic E-state index is 14.7. The van der Waals surface area contributed by atoms with Gasteiger partial charge >= 0.3 is 0 Å². The molecule has 2 fully saturated rings. The minimum Gasteiger partial charge on any atom is -0.206 e. The van der Waals surface area contributed by atoms with Gasteiger partial charge in [-0.1, -0.05) is 55.4 Å². The SMILES string of the molecule is CCC1CCC2CC(c3ccc(C#Cc4ccc(C)cc4)c(F)c3)CCC2C1. The van der Waals surface area contributed by atoms with E-state index in [-0.39, 0.29) is 5.82 Å². The zero-order chi connectivity index (χ0) is 19.5. The number of benzene rings is 2. The molecular formula is C27H31F. The van der Waals surface area contributed by atoms with E-state index in [0.29, 0.717) is 11.5 Å². The lowest BCUT2D eigenvalue weighted by Gasteiger charge is -2.42. The molecule has 0 aliphatic heterocycles. The van der Waals surface area contributed by atoms with E-state index in [9.17, 15) is 4.39 Å². The molecule has 0 amide bonds. The van der Waals surface area contributed by atoms with Crippen LogP contribution in [0, 0.1) is 42.3 Å². The number of hydrogen-bond acceptors (Lipinski definition) is 0. The minimum atomic E-state index is -0.172. The molecule has 0 spiro atoms. The summed E-state index contributed by atoms with van der Waals surface area (Å²) in [4.78, 5) is 0. The normalized spacial score (nSPS) is 26.8. The fraction of sp³-hybridized carbons (Fsp3) is 0.481.